The predicted octanol–water partition coefficient (Wildman–Crippen LogP) is -4.00. The molecule has 0 spiro atoms. The van der Waals surface area contributed by atoms with Gasteiger partial charge in [0.05, 0.1) is 19.8 Å². The summed E-state index contributed by atoms with van der Waals surface area (Å²) in [5, 5.41) is 81.3. The van der Waals surface area contributed by atoms with E-state index in [0.29, 0.717) is 0 Å². The third-order valence-corrected chi connectivity index (χ3v) is 5.41. The van der Waals surface area contributed by atoms with Crippen LogP contribution in [0.3, 0.4) is 0 Å². The Morgan fingerprint density at radius 3 is 2.33 bits per heavy atom. The summed E-state index contributed by atoms with van der Waals surface area (Å²) in [6.07, 6.45) is -21.1. The molecule has 2 rings (SSSR count). The Hall–Kier alpha value is -1.18. The molecule has 0 amide bonds. The van der Waals surface area contributed by atoms with Gasteiger partial charge < -0.3 is 55.1 Å². The van der Waals surface area contributed by atoms with Crippen molar-refractivity contribution in [1.29, 1.82) is 0 Å². The smallest absolute Gasteiger partial charge is 0.389 e. The maximum Gasteiger partial charge on any atom is 0.389 e. The largest absolute Gasteiger partial charge is 0.480 e. The zero-order chi connectivity index (χ0) is 25.1. The third kappa shape index (κ3) is 6.92. The van der Waals surface area contributed by atoms with Crippen LogP contribution in [0.2, 0.25) is 0 Å². The van der Waals surface area contributed by atoms with Gasteiger partial charge in [-0.3, -0.25) is 10.1 Å². The van der Waals surface area contributed by atoms with E-state index in [-0.39, 0.29) is 0 Å². The molecule has 2 aliphatic rings. The Bertz CT molecular complexity index is 655. The number of hydrogen-bond acceptors (Lipinski definition) is 12. The number of carbonyl (C=O) groups is 1. The van der Waals surface area contributed by atoms with Crippen molar-refractivity contribution in [2.24, 2.45) is 0 Å². The molecule has 2 saturated heterocycles. The third-order valence-electron chi connectivity index (χ3n) is 5.41. The van der Waals surface area contributed by atoms with Crippen LogP contribution in [0.5, 0.6) is 0 Å². The topological polar surface area (TPSA) is 219 Å². The van der Waals surface area contributed by atoms with Gasteiger partial charge in [-0.15, -0.1) is 0 Å². The standard InChI is InChI=1S/C17H28F3NO12/c18-17(19,20)2-1-6(14(28)29)21-5-16(30)13(27)12(7(23)4-31-16)33-15-11(26)10(25)9(24)8(3-22)32-15/h6-13,15,21-27,30H,1-5H2,(H,28,29). The molecule has 9 N–H and O–H groups in total. The van der Waals surface area contributed by atoms with Crippen LogP contribution in [-0.4, -0.2) is 134 Å². The van der Waals surface area contributed by atoms with Crippen molar-refractivity contribution in [1.82, 2.24) is 5.32 Å². The average molecular weight is 495 g/mol. The minimum Gasteiger partial charge on any atom is -0.480 e. The first kappa shape index (κ1) is 28.1. The van der Waals surface area contributed by atoms with Crippen molar-refractivity contribution in [2.75, 3.05) is 19.8 Å². The fraction of sp³-hybridized carbons (Fsp3) is 0.941. The van der Waals surface area contributed by atoms with Crippen LogP contribution in [0.1, 0.15) is 12.8 Å². The summed E-state index contributed by atoms with van der Waals surface area (Å²) >= 11 is 0. The quantitative estimate of drug-likeness (QED) is 0.149. The number of nitrogens with one attached hydrogen (secondary N) is 1. The molecular weight excluding hydrogens is 467 g/mol. The van der Waals surface area contributed by atoms with Crippen LogP contribution in [-0.2, 0) is 19.0 Å². The molecule has 0 aromatic heterocycles. The summed E-state index contributed by atoms with van der Waals surface area (Å²) < 4.78 is 52.6. The number of halogens is 3. The Morgan fingerprint density at radius 2 is 1.79 bits per heavy atom. The second kappa shape index (κ2) is 11.0. The molecule has 10 atom stereocenters. The number of aliphatic carboxylic acids is 1. The first-order chi connectivity index (χ1) is 15.2. The van der Waals surface area contributed by atoms with Crippen LogP contribution in [0, 0.1) is 0 Å². The summed E-state index contributed by atoms with van der Waals surface area (Å²) in [5.41, 5.74) is 0. The first-order valence-corrected chi connectivity index (χ1v) is 9.91. The van der Waals surface area contributed by atoms with Crippen LogP contribution in [0.15, 0.2) is 0 Å². The van der Waals surface area contributed by atoms with Crippen LogP contribution >= 0.6 is 0 Å². The zero-order valence-corrected chi connectivity index (χ0v) is 17.1. The van der Waals surface area contributed by atoms with Crippen molar-refractivity contribution in [3.63, 3.8) is 0 Å². The molecule has 0 radical (unpaired) electrons. The number of carboxylic acids is 1. The highest BCUT2D eigenvalue weighted by Gasteiger charge is 2.53. The van der Waals surface area contributed by atoms with Crippen LogP contribution in [0.25, 0.3) is 0 Å². The highest BCUT2D eigenvalue weighted by molar-refractivity contribution is 5.73. The predicted molar refractivity (Wildman–Crippen MR) is 96.3 cm³/mol. The summed E-state index contributed by atoms with van der Waals surface area (Å²) in [7, 11) is 0. The number of aliphatic hydroxyl groups excluding tert-OH is 6. The van der Waals surface area contributed by atoms with Gasteiger partial charge in [0, 0.05) is 6.42 Å². The molecule has 16 heteroatoms. The normalized spacial score (nSPS) is 41.0. The number of rotatable bonds is 9. The monoisotopic (exact) mass is 495 g/mol. The van der Waals surface area contributed by atoms with E-state index in [0.717, 1.165) is 0 Å². The second-order valence-electron chi connectivity index (χ2n) is 7.89. The molecule has 0 aromatic carbocycles. The van der Waals surface area contributed by atoms with Gasteiger partial charge in [-0.1, -0.05) is 0 Å². The summed E-state index contributed by atoms with van der Waals surface area (Å²) in [6, 6.07) is -1.76. The minimum atomic E-state index is -4.62. The molecule has 0 aromatic rings. The van der Waals surface area contributed by atoms with Crippen molar-refractivity contribution in [2.45, 2.75) is 79.9 Å². The Balaban J connectivity index is 2.07. The van der Waals surface area contributed by atoms with E-state index in [1.807, 2.05) is 0 Å². The van der Waals surface area contributed by atoms with Gasteiger partial charge in [0.2, 0.25) is 5.79 Å². The molecule has 33 heavy (non-hydrogen) atoms. The SMILES string of the molecule is O=C(O)C(CCC(F)(F)F)NCC1(O)OCC(O)C(OC2OC(CO)C(O)C(O)C2O)C1O. The molecule has 0 aliphatic carbocycles. The fourth-order valence-corrected chi connectivity index (χ4v) is 3.42. The molecule has 10 unspecified atom stereocenters. The van der Waals surface area contributed by atoms with E-state index in [9.17, 15) is 53.7 Å². The average Bonchev–Trinajstić information content (AvgIpc) is 2.73. The number of alkyl halides is 3. The molecule has 13 nitrogen and oxygen atoms in total. The fourth-order valence-electron chi connectivity index (χ4n) is 3.42. The van der Waals surface area contributed by atoms with E-state index in [1.165, 1.54) is 0 Å². The molecule has 2 heterocycles. The second-order valence-corrected chi connectivity index (χ2v) is 7.89. The molecular formula is C17H28F3NO12. The van der Waals surface area contributed by atoms with Gasteiger partial charge >= 0.3 is 12.1 Å². The molecule has 0 bridgehead atoms. The molecule has 194 valence electrons. The van der Waals surface area contributed by atoms with Crippen molar-refractivity contribution in [3.8, 4) is 0 Å². The Kier molecular flexibility index (Phi) is 9.39. The van der Waals surface area contributed by atoms with Crippen molar-refractivity contribution < 1.29 is 73.0 Å². The van der Waals surface area contributed by atoms with Crippen molar-refractivity contribution >= 4 is 5.97 Å². The van der Waals surface area contributed by atoms with E-state index in [2.05, 4.69) is 5.32 Å². The zero-order valence-electron chi connectivity index (χ0n) is 17.1. The number of hydrogen-bond donors (Lipinski definition) is 9. The van der Waals surface area contributed by atoms with E-state index < -0.39 is 106 Å². The lowest BCUT2D eigenvalue weighted by Gasteiger charge is -2.47. The number of carboxylic acid groups (broad SMARTS) is 1. The highest BCUT2D eigenvalue weighted by Crippen LogP contribution is 2.30. The molecule has 2 aliphatic heterocycles. The number of aliphatic hydroxyl groups is 7. The highest BCUT2D eigenvalue weighted by atomic mass is 19.4. The van der Waals surface area contributed by atoms with Crippen LogP contribution < -0.4 is 5.32 Å². The van der Waals surface area contributed by atoms with Gasteiger partial charge in [0.1, 0.15) is 48.8 Å². The van der Waals surface area contributed by atoms with E-state index in [4.69, 9.17) is 19.3 Å². The van der Waals surface area contributed by atoms with Crippen LogP contribution in [0.4, 0.5) is 13.2 Å². The van der Waals surface area contributed by atoms with Crippen molar-refractivity contribution in [3.05, 3.63) is 0 Å². The summed E-state index contributed by atoms with van der Waals surface area (Å²) in [6.45, 7) is -2.35. The van der Waals surface area contributed by atoms with Gasteiger partial charge in [-0.25, -0.2) is 0 Å². The lowest BCUT2D eigenvalue weighted by atomic mass is 9.95. The Morgan fingerprint density at radius 1 is 1.15 bits per heavy atom. The Labute approximate surface area is 184 Å². The lowest BCUT2D eigenvalue weighted by molar-refractivity contribution is -0.367. The van der Waals surface area contributed by atoms with Gasteiger partial charge in [-0.2, -0.15) is 13.2 Å². The van der Waals surface area contributed by atoms with E-state index >= 15 is 0 Å². The number of ether oxygens (including phenoxy) is 3. The maximum atomic E-state index is 12.4. The van der Waals surface area contributed by atoms with Gasteiger partial charge in [0.25, 0.3) is 0 Å². The first-order valence-electron chi connectivity index (χ1n) is 9.91. The maximum absolute atomic E-state index is 12.4. The van der Waals surface area contributed by atoms with Gasteiger partial charge in [0.15, 0.2) is 6.29 Å². The summed E-state index contributed by atoms with van der Waals surface area (Å²) in [4.78, 5) is 11.2. The minimum absolute atomic E-state index is 0.683. The lowest BCUT2D eigenvalue weighted by Crippen LogP contribution is -2.68. The molecule has 2 fully saturated rings. The molecule has 0 saturated carbocycles. The van der Waals surface area contributed by atoms with Gasteiger partial charge in [-0.05, 0) is 6.42 Å². The summed E-state index contributed by atoms with van der Waals surface area (Å²) in [5.74, 6) is -4.29. The van der Waals surface area contributed by atoms with E-state index in [1.54, 1.807) is 0 Å².